The van der Waals surface area contributed by atoms with Crippen molar-refractivity contribution in [2.24, 2.45) is 0 Å². The van der Waals surface area contributed by atoms with E-state index in [1.807, 2.05) is 0 Å². The van der Waals surface area contributed by atoms with Gasteiger partial charge in [0.05, 0.1) is 6.04 Å². The van der Waals surface area contributed by atoms with Gasteiger partial charge < -0.3 is 5.32 Å². The van der Waals surface area contributed by atoms with Crippen molar-refractivity contribution in [1.29, 1.82) is 0 Å². The number of carbonyl (C=O) groups excluding carboxylic acids is 1. The van der Waals surface area contributed by atoms with E-state index in [1.54, 1.807) is 0 Å². The summed E-state index contributed by atoms with van der Waals surface area (Å²) in [6.07, 6.45) is 0.974. The number of benzene rings is 2. The van der Waals surface area contributed by atoms with Crippen LogP contribution in [0.25, 0.3) is 0 Å². The first-order valence-corrected chi connectivity index (χ1v) is 11.4. The average molecular weight is 468 g/mol. The molecule has 1 fully saturated rings. The van der Waals surface area contributed by atoms with Gasteiger partial charge in [-0.25, -0.2) is 21.6 Å². The minimum absolute atomic E-state index is 0.0327. The highest BCUT2D eigenvalue weighted by Gasteiger charge is 2.39. The fourth-order valence-electron chi connectivity index (χ4n) is 3.27. The molecule has 7 nitrogen and oxygen atoms in total. The maximum Gasteiger partial charge on any atom is 0.286 e. The Bertz CT molecular complexity index is 1250. The third-order valence-electron chi connectivity index (χ3n) is 4.72. The van der Waals surface area contributed by atoms with Gasteiger partial charge in [-0.3, -0.25) is 4.79 Å². The number of amides is 1. The average Bonchev–Trinajstić information content (AvgIpc) is 3.40. The third-order valence-corrected chi connectivity index (χ3v) is 7.69. The molecule has 1 saturated heterocycles. The highest BCUT2D eigenvalue weighted by molar-refractivity contribution is 7.89. The summed E-state index contributed by atoms with van der Waals surface area (Å²) in [5.74, 6) is -3.71. The van der Waals surface area contributed by atoms with E-state index in [9.17, 15) is 26.4 Å². The molecule has 0 radical (unpaired) electrons. The maximum atomic E-state index is 14.1. The molecule has 1 amide bonds. The molecule has 162 valence electrons. The lowest BCUT2D eigenvalue weighted by Gasteiger charge is -2.22. The van der Waals surface area contributed by atoms with Crippen molar-refractivity contribution in [3.05, 3.63) is 69.9 Å². The minimum Gasteiger partial charge on any atom is -0.320 e. The number of carbonyl (C=O) groups is 1. The first-order chi connectivity index (χ1) is 14.8. The van der Waals surface area contributed by atoms with E-state index in [2.05, 4.69) is 15.5 Å². The van der Waals surface area contributed by atoms with Gasteiger partial charge in [0.15, 0.2) is 11.6 Å². The molecule has 1 unspecified atom stereocenters. The summed E-state index contributed by atoms with van der Waals surface area (Å²) >= 11 is 0.882. The van der Waals surface area contributed by atoms with Crippen LogP contribution in [0, 0.1) is 17.5 Å². The van der Waals surface area contributed by atoms with Crippen LogP contribution in [0.4, 0.5) is 18.9 Å². The highest BCUT2D eigenvalue weighted by atomic mass is 32.2. The first-order valence-electron chi connectivity index (χ1n) is 9.13. The summed E-state index contributed by atoms with van der Waals surface area (Å²) in [6.45, 7) is 0.178. The van der Waals surface area contributed by atoms with Crippen LogP contribution in [0.3, 0.4) is 0 Å². The molecule has 1 aliphatic heterocycles. The van der Waals surface area contributed by atoms with Crippen molar-refractivity contribution in [2.75, 3.05) is 11.9 Å². The quantitative estimate of drug-likeness (QED) is 0.616. The molecule has 1 aliphatic rings. The monoisotopic (exact) mass is 468 g/mol. The third kappa shape index (κ3) is 4.18. The van der Waals surface area contributed by atoms with E-state index < -0.39 is 44.3 Å². The van der Waals surface area contributed by atoms with Crippen molar-refractivity contribution < 1.29 is 26.4 Å². The van der Waals surface area contributed by atoms with Crippen LogP contribution >= 0.6 is 11.3 Å². The predicted octanol–water partition coefficient (Wildman–Crippen LogP) is 3.73. The standard InChI is InChI=1S/C19H15F3N4O3S2/c20-12-8-7-11(10-14(12)22)23-17(27)19-25-24-18(30-19)15-5-3-9-26(15)31(28,29)16-6-2-1-4-13(16)21/h1-2,4,6-8,10,15H,3,5,9H2,(H,23,27). The van der Waals surface area contributed by atoms with Gasteiger partial charge in [0.2, 0.25) is 15.0 Å². The molecule has 0 bridgehead atoms. The van der Waals surface area contributed by atoms with Gasteiger partial charge in [0.25, 0.3) is 5.91 Å². The summed E-state index contributed by atoms with van der Waals surface area (Å²) < 4.78 is 67.6. The van der Waals surface area contributed by atoms with Gasteiger partial charge in [-0.15, -0.1) is 10.2 Å². The first kappa shape index (κ1) is 21.4. The lowest BCUT2D eigenvalue weighted by Crippen LogP contribution is -2.31. The lowest BCUT2D eigenvalue weighted by molar-refractivity contribution is 0.102. The molecular weight excluding hydrogens is 453 g/mol. The molecule has 0 aliphatic carbocycles. The van der Waals surface area contributed by atoms with Crippen LogP contribution in [0.1, 0.15) is 33.7 Å². The van der Waals surface area contributed by atoms with Crippen molar-refractivity contribution in [3.8, 4) is 0 Å². The number of nitrogens with one attached hydrogen (secondary N) is 1. The van der Waals surface area contributed by atoms with Gasteiger partial charge >= 0.3 is 0 Å². The van der Waals surface area contributed by atoms with Crippen LogP contribution < -0.4 is 5.32 Å². The number of nitrogens with zero attached hydrogens (tertiary/aromatic N) is 3. The molecule has 0 saturated carbocycles. The molecule has 1 atom stereocenters. The Kier molecular flexibility index (Phi) is 5.77. The molecule has 31 heavy (non-hydrogen) atoms. The van der Waals surface area contributed by atoms with E-state index in [-0.39, 0.29) is 22.2 Å². The summed E-state index contributed by atoms with van der Waals surface area (Å²) in [5, 5.41) is 10.3. The van der Waals surface area contributed by atoms with Crippen LogP contribution in [0.15, 0.2) is 47.4 Å². The largest absolute Gasteiger partial charge is 0.320 e. The fourth-order valence-corrected chi connectivity index (χ4v) is 5.95. The zero-order chi connectivity index (χ0) is 22.2. The summed E-state index contributed by atoms with van der Waals surface area (Å²) in [5.41, 5.74) is 0.0327. The Morgan fingerprint density at radius 3 is 2.58 bits per heavy atom. The van der Waals surface area contributed by atoms with Crippen LogP contribution in [0.2, 0.25) is 0 Å². The molecule has 1 aromatic heterocycles. The highest BCUT2D eigenvalue weighted by Crippen LogP contribution is 2.38. The Morgan fingerprint density at radius 1 is 1.06 bits per heavy atom. The number of halogens is 3. The SMILES string of the molecule is O=C(Nc1ccc(F)c(F)c1)c1nnc(C2CCCN2S(=O)(=O)c2ccccc2F)s1. The molecule has 3 aromatic rings. The van der Waals surface area contributed by atoms with E-state index in [1.165, 1.54) is 24.3 Å². The normalized spacial score (nSPS) is 17.1. The van der Waals surface area contributed by atoms with Crippen LogP contribution in [-0.2, 0) is 10.0 Å². The molecule has 12 heteroatoms. The number of sulfonamides is 1. The predicted molar refractivity (Wildman–Crippen MR) is 106 cm³/mol. The van der Waals surface area contributed by atoms with Gasteiger partial charge in [-0.1, -0.05) is 23.5 Å². The Balaban J connectivity index is 1.56. The molecular formula is C19H15F3N4O3S2. The second-order valence-corrected chi connectivity index (χ2v) is 9.60. The van der Waals surface area contributed by atoms with Crippen molar-refractivity contribution >= 4 is 33.0 Å². The summed E-state index contributed by atoms with van der Waals surface area (Å²) in [6, 6.07) is 7.31. The number of rotatable bonds is 5. The second-order valence-electron chi connectivity index (χ2n) is 6.73. The van der Waals surface area contributed by atoms with Gasteiger partial charge in [-0.2, -0.15) is 4.31 Å². The topological polar surface area (TPSA) is 92.3 Å². The Morgan fingerprint density at radius 2 is 1.84 bits per heavy atom. The zero-order valence-corrected chi connectivity index (χ0v) is 17.4. The molecule has 1 N–H and O–H groups in total. The van der Waals surface area contributed by atoms with E-state index in [0.29, 0.717) is 12.8 Å². The number of aromatic nitrogens is 2. The number of hydrogen-bond acceptors (Lipinski definition) is 6. The van der Waals surface area contributed by atoms with Crippen molar-refractivity contribution in [2.45, 2.75) is 23.8 Å². The fraction of sp³-hybridized carbons (Fsp3) is 0.211. The molecule has 2 heterocycles. The maximum absolute atomic E-state index is 14.1. The van der Waals surface area contributed by atoms with Crippen LogP contribution in [-0.4, -0.2) is 35.4 Å². The minimum atomic E-state index is -4.12. The van der Waals surface area contributed by atoms with Crippen molar-refractivity contribution in [1.82, 2.24) is 14.5 Å². The van der Waals surface area contributed by atoms with E-state index >= 15 is 0 Å². The van der Waals surface area contributed by atoms with E-state index in [0.717, 1.165) is 33.8 Å². The number of hydrogen-bond donors (Lipinski definition) is 1. The number of anilines is 1. The van der Waals surface area contributed by atoms with Gasteiger partial charge in [0, 0.05) is 18.3 Å². The molecule has 4 rings (SSSR count). The zero-order valence-electron chi connectivity index (χ0n) is 15.8. The van der Waals surface area contributed by atoms with E-state index in [4.69, 9.17) is 0 Å². The molecule has 2 aromatic carbocycles. The molecule has 0 spiro atoms. The van der Waals surface area contributed by atoms with Crippen molar-refractivity contribution in [3.63, 3.8) is 0 Å². The Hall–Kier alpha value is -2.83. The van der Waals surface area contributed by atoms with Crippen LogP contribution in [0.5, 0.6) is 0 Å². The smallest absolute Gasteiger partial charge is 0.286 e. The summed E-state index contributed by atoms with van der Waals surface area (Å²) in [4.78, 5) is 12.0. The lowest BCUT2D eigenvalue weighted by atomic mass is 10.2. The Labute approximate surface area is 179 Å². The van der Waals surface area contributed by atoms with Gasteiger partial charge in [0.1, 0.15) is 15.7 Å². The summed E-state index contributed by atoms with van der Waals surface area (Å²) in [7, 11) is -4.12. The van der Waals surface area contributed by atoms with Gasteiger partial charge in [-0.05, 0) is 37.1 Å². The second kappa shape index (κ2) is 8.36.